The van der Waals surface area contributed by atoms with E-state index in [2.05, 4.69) is 10.1 Å². The standard InChI is InChI=1S/C21H19ClN4O3/c1-2-3-11-25-20(27)16-9-4-5-10-17(16)26(21(25)28)13-18-23-19(24-29-18)14-7-6-8-15(22)12-14/h4-10,12H,2-3,11,13H2,1H3. The highest BCUT2D eigenvalue weighted by atomic mass is 35.5. The molecule has 2 heterocycles. The van der Waals surface area contributed by atoms with Gasteiger partial charge in [0.1, 0.15) is 6.54 Å². The second kappa shape index (κ2) is 8.05. The van der Waals surface area contributed by atoms with Gasteiger partial charge in [-0.2, -0.15) is 4.98 Å². The summed E-state index contributed by atoms with van der Waals surface area (Å²) in [6.45, 7) is 2.45. The molecule has 0 unspecified atom stereocenters. The van der Waals surface area contributed by atoms with Crippen LogP contribution >= 0.6 is 11.6 Å². The van der Waals surface area contributed by atoms with Crippen molar-refractivity contribution in [3.8, 4) is 11.4 Å². The molecular formula is C21H19ClN4O3. The van der Waals surface area contributed by atoms with Crippen LogP contribution in [0.25, 0.3) is 22.3 Å². The Hall–Kier alpha value is -3.19. The van der Waals surface area contributed by atoms with E-state index in [1.807, 2.05) is 13.0 Å². The van der Waals surface area contributed by atoms with Gasteiger partial charge in [0, 0.05) is 17.1 Å². The maximum Gasteiger partial charge on any atom is 0.331 e. The van der Waals surface area contributed by atoms with E-state index in [0.717, 1.165) is 18.4 Å². The third-order valence-electron chi connectivity index (χ3n) is 4.71. The molecule has 0 aliphatic rings. The smallest absolute Gasteiger partial charge is 0.331 e. The van der Waals surface area contributed by atoms with Crippen LogP contribution in [0.2, 0.25) is 5.02 Å². The van der Waals surface area contributed by atoms with Crippen LogP contribution in [0.15, 0.2) is 62.6 Å². The van der Waals surface area contributed by atoms with Crippen LogP contribution in [-0.2, 0) is 13.1 Å². The van der Waals surface area contributed by atoms with Crippen LogP contribution in [0.5, 0.6) is 0 Å². The molecular weight excluding hydrogens is 392 g/mol. The molecule has 4 aromatic rings. The van der Waals surface area contributed by atoms with Crippen LogP contribution in [0.3, 0.4) is 0 Å². The van der Waals surface area contributed by atoms with E-state index in [-0.39, 0.29) is 23.7 Å². The van der Waals surface area contributed by atoms with Gasteiger partial charge in [-0.05, 0) is 30.7 Å². The number of hydrogen-bond acceptors (Lipinski definition) is 5. The van der Waals surface area contributed by atoms with E-state index in [0.29, 0.717) is 28.3 Å². The molecule has 0 radical (unpaired) electrons. The summed E-state index contributed by atoms with van der Waals surface area (Å²) in [5, 5.41) is 5.05. The van der Waals surface area contributed by atoms with E-state index >= 15 is 0 Å². The fourth-order valence-corrected chi connectivity index (χ4v) is 3.43. The molecule has 8 heteroatoms. The number of para-hydroxylation sites is 1. The number of fused-ring (bicyclic) bond motifs is 1. The number of aromatic nitrogens is 4. The van der Waals surface area contributed by atoms with Gasteiger partial charge in [-0.15, -0.1) is 0 Å². The van der Waals surface area contributed by atoms with Gasteiger partial charge in [0.25, 0.3) is 5.56 Å². The van der Waals surface area contributed by atoms with Gasteiger partial charge in [-0.25, -0.2) is 4.79 Å². The quantitative estimate of drug-likeness (QED) is 0.483. The lowest BCUT2D eigenvalue weighted by Crippen LogP contribution is -2.40. The third kappa shape index (κ3) is 3.73. The minimum Gasteiger partial charge on any atom is -0.337 e. The summed E-state index contributed by atoms with van der Waals surface area (Å²) >= 11 is 6.03. The summed E-state index contributed by atoms with van der Waals surface area (Å²) in [7, 11) is 0. The van der Waals surface area contributed by atoms with E-state index in [4.69, 9.17) is 16.1 Å². The van der Waals surface area contributed by atoms with Crippen LogP contribution in [0.4, 0.5) is 0 Å². The van der Waals surface area contributed by atoms with Crippen molar-refractivity contribution in [1.82, 2.24) is 19.3 Å². The molecule has 0 atom stereocenters. The van der Waals surface area contributed by atoms with Crippen molar-refractivity contribution in [3.05, 3.63) is 80.3 Å². The summed E-state index contributed by atoms with van der Waals surface area (Å²) in [6.07, 6.45) is 1.62. The maximum absolute atomic E-state index is 13.1. The molecule has 0 aliphatic carbocycles. The first-order chi connectivity index (χ1) is 14.1. The molecule has 29 heavy (non-hydrogen) atoms. The molecule has 0 amide bonds. The van der Waals surface area contributed by atoms with E-state index in [1.54, 1.807) is 42.5 Å². The monoisotopic (exact) mass is 410 g/mol. The Morgan fingerprint density at radius 3 is 2.69 bits per heavy atom. The SMILES string of the molecule is CCCCn1c(=O)c2ccccc2n(Cc2nc(-c3cccc(Cl)c3)no2)c1=O. The van der Waals surface area contributed by atoms with Crippen molar-refractivity contribution in [2.24, 2.45) is 0 Å². The Kier molecular flexibility index (Phi) is 5.31. The summed E-state index contributed by atoms with van der Waals surface area (Å²) in [4.78, 5) is 30.2. The van der Waals surface area contributed by atoms with Gasteiger partial charge >= 0.3 is 5.69 Å². The number of rotatable bonds is 6. The molecule has 0 saturated carbocycles. The Bertz CT molecular complexity index is 1290. The summed E-state index contributed by atoms with van der Waals surface area (Å²) in [5.41, 5.74) is 0.598. The van der Waals surface area contributed by atoms with Crippen LogP contribution in [-0.4, -0.2) is 19.3 Å². The molecule has 4 rings (SSSR count). The van der Waals surface area contributed by atoms with E-state index in [1.165, 1.54) is 9.13 Å². The summed E-state index contributed by atoms with van der Waals surface area (Å²) in [5.74, 6) is 0.659. The molecule has 0 aliphatic heterocycles. The zero-order valence-corrected chi connectivity index (χ0v) is 16.6. The van der Waals surface area contributed by atoms with E-state index in [9.17, 15) is 9.59 Å². The van der Waals surface area contributed by atoms with Crippen molar-refractivity contribution in [2.45, 2.75) is 32.9 Å². The Morgan fingerprint density at radius 1 is 1.07 bits per heavy atom. The van der Waals surface area contributed by atoms with Crippen LogP contribution in [0, 0.1) is 0 Å². The predicted octanol–water partition coefficient (Wildman–Crippen LogP) is 3.72. The molecule has 0 N–H and O–H groups in total. The van der Waals surface area contributed by atoms with Gasteiger partial charge < -0.3 is 4.52 Å². The fourth-order valence-electron chi connectivity index (χ4n) is 3.24. The minimum absolute atomic E-state index is 0.0688. The lowest BCUT2D eigenvalue weighted by molar-refractivity contribution is 0.369. The highest BCUT2D eigenvalue weighted by molar-refractivity contribution is 6.30. The van der Waals surface area contributed by atoms with Gasteiger partial charge in [0.15, 0.2) is 0 Å². The molecule has 148 valence electrons. The van der Waals surface area contributed by atoms with Gasteiger partial charge in [0.2, 0.25) is 11.7 Å². The van der Waals surface area contributed by atoms with Crippen molar-refractivity contribution in [3.63, 3.8) is 0 Å². The first-order valence-corrected chi connectivity index (χ1v) is 9.77. The second-order valence-electron chi connectivity index (χ2n) is 6.72. The average molecular weight is 411 g/mol. The minimum atomic E-state index is -0.385. The van der Waals surface area contributed by atoms with Crippen molar-refractivity contribution >= 4 is 22.5 Å². The van der Waals surface area contributed by atoms with Crippen molar-refractivity contribution < 1.29 is 4.52 Å². The molecule has 2 aromatic carbocycles. The highest BCUT2D eigenvalue weighted by Gasteiger charge is 2.16. The lowest BCUT2D eigenvalue weighted by atomic mass is 10.2. The highest BCUT2D eigenvalue weighted by Crippen LogP contribution is 2.20. The van der Waals surface area contributed by atoms with Gasteiger partial charge in [-0.1, -0.05) is 54.4 Å². The largest absolute Gasteiger partial charge is 0.337 e. The predicted molar refractivity (Wildman–Crippen MR) is 111 cm³/mol. The molecule has 0 spiro atoms. The first-order valence-electron chi connectivity index (χ1n) is 9.39. The Labute approximate surface area is 171 Å². The number of halogens is 1. The topological polar surface area (TPSA) is 82.9 Å². The number of benzene rings is 2. The molecule has 0 bridgehead atoms. The fraction of sp³-hybridized carbons (Fsp3) is 0.238. The molecule has 0 fully saturated rings. The van der Waals surface area contributed by atoms with Crippen LogP contribution < -0.4 is 11.2 Å². The molecule has 2 aromatic heterocycles. The first kappa shape index (κ1) is 19.1. The zero-order chi connectivity index (χ0) is 20.4. The Morgan fingerprint density at radius 2 is 1.90 bits per heavy atom. The van der Waals surface area contributed by atoms with E-state index < -0.39 is 0 Å². The zero-order valence-electron chi connectivity index (χ0n) is 15.8. The second-order valence-corrected chi connectivity index (χ2v) is 7.15. The normalized spacial score (nSPS) is 11.2. The van der Waals surface area contributed by atoms with Gasteiger partial charge in [0.05, 0.1) is 10.9 Å². The number of hydrogen-bond donors (Lipinski definition) is 0. The van der Waals surface area contributed by atoms with Gasteiger partial charge in [-0.3, -0.25) is 13.9 Å². The van der Waals surface area contributed by atoms with Crippen LogP contribution in [0.1, 0.15) is 25.7 Å². The maximum atomic E-state index is 13.1. The average Bonchev–Trinajstić information content (AvgIpc) is 3.20. The molecule has 7 nitrogen and oxygen atoms in total. The number of unbranched alkanes of at least 4 members (excludes halogenated alkanes) is 1. The lowest BCUT2D eigenvalue weighted by Gasteiger charge is -2.12. The number of nitrogens with zero attached hydrogens (tertiary/aromatic N) is 4. The molecule has 0 saturated heterocycles. The van der Waals surface area contributed by atoms with Crippen molar-refractivity contribution in [2.75, 3.05) is 0 Å². The summed E-state index contributed by atoms with van der Waals surface area (Å²) in [6, 6.07) is 14.2. The summed E-state index contributed by atoms with van der Waals surface area (Å²) < 4.78 is 8.15. The Balaban J connectivity index is 1.78. The van der Waals surface area contributed by atoms with Crippen molar-refractivity contribution in [1.29, 1.82) is 0 Å². The third-order valence-corrected chi connectivity index (χ3v) is 4.95.